The zero-order chi connectivity index (χ0) is 34.0. The highest BCUT2D eigenvalue weighted by Crippen LogP contribution is 2.37. The number of ether oxygens (including phenoxy) is 3. The quantitative estimate of drug-likeness (QED) is 0.395. The summed E-state index contributed by atoms with van der Waals surface area (Å²) in [5.41, 5.74) is 6.94. The van der Waals surface area contributed by atoms with Crippen LogP contribution in [0.25, 0.3) is 0 Å². The Kier molecular flexibility index (Phi) is 13.4. The van der Waals surface area contributed by atoms with Crippen LogP contribution in [0, 0.1) is 31.4 Å². The lowest BCUT2D eigenvalue weighted by molar-refractivity contribution is 0.145. The van der Waals surface area contributed by atoms with Gasteiger partial charge in [-0.3, -0.25) is 9.69 Å². The van der Waals surface area contributed by atoms with Crippen molar-refractivity contribution in [2.24, 2.45) is 11.7 Å². The number of cyclic esters (lactones) is 1. The van der Waals surface area contributed by atoms with E-state index in [1.165, 1.54) is 23.1 Å². The van der Waals surface area contributed by atoms with Gasteiger partial charge in [-0.25, -0.2) is 13.6 Å². The number of halogens is 2. The maximum atomic E-state index is 15.7. The van der Waals surface area contributed by atoms with E-state index in [1.807, 2.05) is 23.3 Å². The highest BCUT2D eigenvalue weighted by Gasteiger charge is 2.32. The van der Waals surface area contributed by atoms with Gasteiger partial charge in [0.25, 0.3) is 0 Å². The Balaban J connectivity index is 0.00000109. The molecule has 4 heterocycles. The van der Waals surface area contributed by atoms with Gasteiger partial charge in [0.2, 0.25) is 0 Å². The number of nitrogens with two attached hydrogens (primary N) is 1. The van der Waals surface area contributed by atoms with E-state index in [4.69, 9.17) is 25.1 Å². The van der Waals surface area contributed by atoms with Gasteiger partial charge < -0.3 is 34.5 Å². The van der Waals surface area contributed by atoms with E-state index in [9.17, 15) is 14.0 Å². The Hall–Kier alpha value is -4.16. The fourth-order valence-corrected chi connectivity index (χ4v) is 5.47. The fourth-order valence-electron chi connectivity index (χ4n) is 5.47. The van der Waals surface area contributed by atoms with Gasteiger partial charge in [-0.15, -0.1) is 6.58 Å². The molecule has 3 N–H and O–H groups in total. The molecule has 3 aliphatic rings. The monoisotopic (exact) mass is 644 g/mol. The van der Waals surface area contributed by atoms with Crippen LogP contribution < -0.4 is 30.4 Å². The number of carbonyl (C=O) groups is 1. The number of allylic oxidation sites excluding steroid dienone is 1. The van der Waals surface area contributed by atoms with E-state index in [1.54, 1.807) is 38.4 Å². The van der Waals surface area contributed by atoms with Crippen molar-refractivity contribution >= 4 is 17.5 Å². The summed E-state index contributed by atoms with van der Waals surface area (Å²) in [6, 6.07) is 5.65. The maximum Gasteiger partial charge on any atom is 0.414 e. The van der Waals surface area contributed by atoms with Crippen LogP contribution >= 0.6 is 0 Å². The summed E-state index contributed by atoms with van der Waals surface area (Å²) in [5, 5.41) is 7.00. The molecule has 0 radical (unpaired) electrons. The predicted octanol–water partition coefficient (Wildman–Crippen LogP) is 5.20. The standard InChI is InChI=1S/C30H36F2N4O5.C3H6.CH4O/c1-18-10-25(32)28(27-16-35(20(3)17-40-27)13-19(2)29(18)37)34-8-6-21(14-34)7-9-39-26-5-4-22(11-24(26)31)36-15-23(12-33)41-30(36)38;1-3-2;1-2/h4-5,10-11,13,16,20-21,23H,6-9,12,14-15,17,33H2,1-3H3;3H,1H2,2H3;2H,1H3/t20?,21?,23-;;/m0../s1. The second-order valence-corrected chi connectivity index (χ2v) is 11.4. The number of aromatic nitrogens is 1. The molecule has 2 bridgehead atoms. The fraction of sp³-hybridized carbons (Fsp3) is 0.471. The highest BCUT2D eigenvalue weighted by molar-refractivity contribution is 5.89. The van der Waals surface area contributed by atoms with E-state index in [-0.39, 0.29) is 42.8 Å². The number of aryl methyl sites for hydroxylation is 2. The molecule has 12 heteroatoms. The van der Waals surface area contributed by atoms with Crippen molar-refractivity contribution in [1.29, 1.82) is 0 Å². The van der Waals surface area contributed by atoms with Crippen molar-refractivity contribution in [3.8, 4) is 11.5 Å². The summed E-state index contributed by atoms with van der Waals surface area (Å²) < 4.78 is 49.2. The van der Waals surface area contributed by atoms with Crippen LogP contribution in [0.5, 0.6) is 11.5 Å². The lowest BCUT2D eigenvalue weighted by Gasteiger charge is -2.27. The molecular formula is C34H46F2N4O6. The number of amides is 1. The molecule has 1 amide bonds. The Labute approximate surface area is 269 Å². The minimum Gasteiger partial charge on any atom is -0.491 e. The third-order valence-corrected chi connectivity index (χ3v) is 7.87. The summed E-state index contributed by atoms with van der Waals surface area (Å²) in [4.78, 5) is 28.1. The number of benzene rings is 1. The van der Waals surface area contributed by atoms with Crippen molar-refractivity contribution in [2.75, 3.05) is 56.3 Å². The first kappa shape index (κ1) is 36.3. The topological polar surface area (TPSA) is 119 Å². The maximum absolute atomic E-state index is 15.7. The first-order valence-corrected chi connectivity index (χ1v) is 15.4. The summed E-state index contributed by atoms with van der Waals surface area (Å²) in [6.45, 7) is 12.9. The van der Waals surface area contributed by atoms with Crippen molar-refractivity contribution in [2.45, 2.75) is 52.7 Å². The molecule has 3 atom stereocenters. The molecule has 1 aromatic heterocycles. The van der Waals surface area contributed by atoms with Crippen molar-refractivity contribution in [3.05, 3.63) is 82.3 Å². The molecule has 2 unspecified atom stereocenters. The molecule has 0 aliphatic carbocycles. The van der Waals surface area contributed by atoms with E-state index >= 15 is 4.39 Å². The zero-order valence-electron chi connectivity index (χ0n) is 27.3. The smallest absolute Gasteiger partial charge is 0.414 e. The molecule has 5 rings (SSSR count). The first-order chi connectivity index (χ1) is 22.1. The Bertz CT molecular complexity index is 1500. The third kappa shape index (κ3) is 8.76. The van der Waals surface area contributed by atoms with Gasteiger partial charge in [0.15, 0.2) is 28.6 Å². The van der Waals surface area contributed by atoms with Crippen LogP contribution in [-0.4, -0.2) is 68.4 Å². The SMILES string of the molecule is C=CC.CO.Cc1cc(F)c(N2CCC(CCOc3ccc(N4C[C@H](CN)OC4=O)cc3F)C2)c2cn(cc(C)c1=O)C(C)CO2. The number of aliphatic hydroxyl groups is 1. The third-order valence-electron chi connectivity index (χ3n) is 7.87. The second-order valence-electron chi connectivity index (χ2n) is 11.4. The largest absolute Gasteiger partial charge is 0.491 e. The average molecular weight is 645 g/mol. The van der Waals surface area contributed by atoms with Gasteiger partial charge in [-0.2, -0.15) is 0 Å². The van der Waals surface area contributed by atoms with Crippen LogP contribution in [0.3, 0.4) is 0 Å². The average Bonchev–Trinajstić information content (AvgIpc) is 3.66. The molecule has 46 heavy (non-hydrogen) atoms. The van der Waals surface area contributed by atoms with E-state index in [2.05, 4.69) is 6.58 Å². The first-order valence-electron chi connectivity index (χ1n) is 15.4. The van der Waals surface area contributed by atoms with Crippen LogP contribution in [0.2, 0.25) is 0 Å². The van der Waals surface area contributed by atoms with Crippen LogP contribution in [0.4, 0.5) is 25.0 Å². The Morgan fingerprint density at radius 2 is 1.83 bits per heavy atom. The second kappa shape index (κ2) is 17.0. The van der Waals surface area contributed by atoms with E-state index < -0.39 is 23.8 Å². The van der Waals surface area contributed by atoms with Gasteiger partial charge in [-0.1, -0.05) is 6.08 Å². The van der Waals surface area contributed by atoms with Crippen LogP contribution in [0.1, 0.15) is 43.9 Å². The van der Waals surface area contributed by atoms with Crippen LogP contribution in [0.15, 0.2) is 54.1 Å². The molecule has 252 valence electrons. The number of anilines is 2. The molecule has 10 nitrogen and oxygen atoms in total. The van der Waals surface area contributed by atoms with Gasteiger partial charge in [0, 0.05) is 50.8 Å². The van der Waals surface area contributed by atoms with E-state index in [0.717, 1.165) is 13.5 Å². The number of rotatable bonds is 7. The summed E-state index contributed by atoms with van der Waals surface area (Å²) in [7, 11) is 1.00. The zero-order valence-corrected chi connectivity index (χ0v) is 27.3. The predicted molar refractivity (Wildman–Crippen MR) is 175 cm³/mol. The normalized spacial score (nSPS) is 19.5. The molecule has 2 aromatic rings. The molecule has 2 saturated heterocycles. The molecule has 0 saturated carbocycles. The highest BCUT2D eigenvalue weighted by atomic mass is 19.1. The van der Waals surface area contributed by atoms with Gasteiger partial charge in [0.05, 0.1) is 24.9 Å². The van der Waals surface area contributed by atoms with E-state index in [0.29, 0.717) is 54.4 Å². The van der Waals surface area contributed by atoms with Gasteiger partial charge >= 0.3 is 6.09 Å². The summed E-state index contributed by atoms with van der Waals surface area (Å²) >= 11 is 0. The number of hydrogen-bond acceptors (Lipinski definition) is 8. The lowest BCUT2D eigenvalue weighted by atomic mass is 10.1. The molecular weight excluding hydrogens is 598 g/mol. The Morgan fingerprint density at radius 1 is 1.11 bits per heavy atom. The summed E-state index contributed by atoms with van der Waals surface area (Å²) in [5.74, 6) is -0.369. The molecule has 0 spiro atoms. The van der Waals surface area contributed by atoms with Crippen LogP contribution in [-0.2, 0) is 4.74 Å². The lowest BCUT2D eigenvalue weighted by Crippen LogP contribution is -2.27. The number of aliphatic hydroxyl groups excluding tert-OH is 1. The minimum atomic E-state index is -0.575. The molecule has 1 aromatic carbocycles. The number of carbonyl (C=O) groups excluding carboxylic acids is 1. The summed E-state index contributed by atoms with van der Waals surface area (Å²) in [6.07, 6.45) is 5.77. The van der Waals surface area contributed by atoms with Crippen molar-refractivity contribution < 1.29 is 32.9 Å². The number of nitrogens with zero attached hydrogens (tertiary/aromatic N) is 3. The van der Waals surface area contributed by atoms with Crippen molar-refractivity contribution in [1.82, 2.24) is 4.57 Å². The minimum absolute atomic E-state index is 0.000472. The van der Waals surface area contributed by atoms with Crippen molar-refractivity contribution in [3.63, 3.8) is 0 Å². The Morgan fingerprint density at radius 3 is 2.48 bits per heavy atom. The molecule has 2 fully saturated rings. The van der Waals surface area contributed by atoms with Gasteiger partial charge in [-0.05, 0) is 70.2 Å². The number of fused-ring (bicyclic) bond motifs is 2. The number of hydrogen-bond donors (Lipinski definition) is 2. The van der Waals surface area contributed by atoms with Gasteiger partial charge in [0.1, 0.15) is 18.4 Å². The molecule has 3 aliphatic heterocycles.